The molecule has 0 aliphatic rings. The van der Waals surface area contributed by atoms with Crippen LogP contribution in [0.15, 0.2) is 36.9 Å². The minimum absolute atomic E-state index is 0.129. The molecule has 0 spiro atoms. The molecule has 0 aliphatic heterocycles. The van der Waals surface area contributed by atoms with E-state index in [0.29, 0.717) is 12.3 Å². The van der Waals surface area contributed by atoms with Crippen molar-refractivity contribution in [2.75, 3.05) is 26.5 Å². The van der Waals surface area contributed by atoms with Crippen LogP contribution in [0.1, 0.15) is 5.56 Å². The van der Waals surface area contributed by atoms with Crippen LogP contribution in [0, 0.1) is 0 Å². The van der Waals surface area contributed by atoms with Crippen LogP contribution in [-0.4, -0.2) is 45.1 Å². The number of amides is 1. The van der Waals surface area contributed by atoms with Gasteiger partial charge >= 0.3 is 0 Å². The molecule has 0 aromatic heterocycles. The molecule has 1 aromatic rings. The average Bonchev–Trinajstić information content (AvgIpc) is 2.44. The van der Waals surface area contributed by atoms with Gasteiger partial charge in [0.2, 0.25) is 15.9 Å². The van der Waals surface area contributed by atoms with Crippen LogP contribution < -0.4 is 10.1 Å². The Hall–Kier alpha value is -1.86. The number of hydrogen-bond acceptors (Lipinski definition) is 4. The number of nitrogens with zero attached hydrogens (tertiary/aromatic N) is 1. The van der Waals surface area contributed by atoms with E-state index in [-0.39, 0.29) is 19.0 Å². The number of benzene rings is 1. The molecule has 1 N–H and O–H groups in total. The Morgan fingerprint density at radius 2 is 2.00 bits per heavy atom. The van der Waals surface area contributed by atoms with Gasteiger partial charge in [-0.2, -0.15) is 4.31 Å². The molecule has 0 heterocycles. The zero-order valence-corrected chi connectivity index (χ0v) is 13.0. The van der Waals surface area contributed by atoms with E-state index in [0.717, 1.165) is 16.1 Å². The Morgan fingerprint density at radius 1 is 1.38 bits per heavy atom. The molecule has 7 heteroatoms. The fourth-order valence-corrected chi connectivity index (χ4v) is 2.36. The zero-order valence-electron chi connectivity index (χ0n) is 12.2. The van der Waals surface area contributed by atoms with E-state index >= 15 is 0 Å². The summed E-state index contributed by atoms with van der Waals surface area (Å²) in [7, 11) is -1.93. The van der Waals surface area contributed by atoms with E-state index in [1.165, 1.54) is 6.08 Å². The lowest BCUT2D eigenvalue weighted by Crippen LogP contribution is -2.39. The van der Waals surface area contributed by atoms with Crippen molar-refractivity contribution in [2.24, 2.45) is 0 Å². The number of nitrogens with one attached hydrogen (secondary N) is 1. The molecule has 0 bridgehead atoms. The molecule has 6 nitrogen and oxygen atoms in total. The van der Waals surface area contributed by atoms with Crippen molar-refractivity contribution < 1.29 is 17.9 Å². The second-order valence-corrected chi connectivity index (χ2v) is 6.45. The third-order valence-electron chi connectivity index (χ3n) is 2.75. The number of rotatable bonds is 8. The Bertz CT molecular complexity index is 581. The molecule has 1 rings (SSSR count). The summed E-state index contributed by atoms with van der Waals surface area (Å²) in [6, 6.07) is 7.01. The van der Waals surface area contributed by atoms with Gasteiger partial charge in [0.05, 0.1) is 19.9 Å². The summed E-state index contributed by atoms with van der Waals surface area (Å²) in [5.74, 6) is 0.321. The molecule has 21 heavy (non-hydrogen) atoms. The van der Waals surface area contributed by atoms with Gasteiger partial charge in [0.1, 0.15) is 5.75 Å². The van der Waals surface area contributed by atoms with Crippen LogP contribution in [0.3, 0.4) is 0 Å². The van der Waals surface area contributed by atoms with Gasteiger partial charge in [-0.05, 0) is 17.7 Å². The van der Waals surface area contributed by atoms with E-state index in [9.17, 15) is 13.2 Å². The third kappa shape index (κ3) is 5.97. The van der Waals surface area contributed by atoms with Crippen molar-refractivity contribution in [1.82, 2.24) is 9.62 Å². The van der Waals surface area contributed by atoms with Crippen molar-refractivity contribution in [2.45, 2.75) is 6.54 Å². The third-order valence-corrected chi connectivity index (χ3v) is 3.95. The molecule has 0 radical (unpaired) electrons. The van der Waals surface area contributed by atoms with Crippen molar-refractivity contribution >= 4 is 15.9 Å². The molecule has 0 atom stereocenters. The Morgan fingerprint density at radius 3 is 2.48 bits per heavy atom. The van der Waals surface area contributed by atoms with Gasteiger partial charge in [-0.15, -0.1) is 6.58 Å². The predicted octanol–water partition coefficient (Wildman–Crippen LogP) is 0.759. The standard InChI is InChI=1S/C14H20N2O4S/c1-4-9-15-14(17)11-16(21(3,18)19)10-12-5-7-13(20-2)8-6-12/h4-8H,1,9-11H2,2-3H3,(H,15,17). The van der Waals surface area contributed by atoms with Crippen molar-refractivity contribution in [3.8, 4) is 5.75 Å². The van der Waals surface area contributed by atoms with E-state index in [4.69, 9.17) is 4.74 Å². The molecule has 1 amide bonds. The molecule has 0 saturated carbocycles. The first-order valence-electron chi connectivity index (χ1n) is 6.32. The minimum atomic E-state index is -3.48. The van der Waals surface area contributed by atoms with E-state index in [1.807, 2.05) is 0 Å². The molecule has 0 fully saturated rings. The van der Waals surface area contributed by atoms with Gasteiger partial charge in [0, 0.05) is 13.1 Å². The highest BCUT2D eigenvalue weighted by Gasteiger charge is 2.20. The zero-order chi connectivity index (χ0) is 15.9. The summed E-state index contributed by atoms with van der Waals surface area (Å²) >= 11 is 0. The second-order valence-electron chi connectivity index (χ2n) is 4.47. The first-order chi connectivity index (χ1) is 9.86. The first-order valence-corrected chi connectivity index (χ1v) is 8.17. The van der Waals surface area contributed by atoms with Gasteiger partial charge in [-0.3, -0.25) is 4.79 Å². The number of carbonyl (C=O) groups is 1. The lowest BCUT2D eigenvalue weighted by atomic mass is 10.2. The lowest BCUT2D eigenvalue weighted by Gasteiger charge is -2.19. The number of ether oxygens (including phenoxy) is 1. The maximum absolute atomic E-state index is 11.8. The van der Waals surface area contributed by atoms with Gasteiger partial charge in [-0.1, -0.05) is 18.2 Å². The first kappa shape index (κ1) is 17.2. The molecule has 0 aliphatic carbocycles. The van der Waals surface area contributed by atoms with Crippen LogP contribution >= 0.6 is 0 Å². The van der Waals surface area contributed by atoms with Crippen molar-refractivity contribution in [3.05, 3.63) is 42.5 Å². The van der Waals surface area contributed by atoms with Crippen LogP contribution in [0.5, 0.6) is 5.75 Å². The van der Waals surface area contributed by atoms with Gasteiger partial charge < -0.3 is 10.1 Å². The van der Waals surface area contributed by atoms with E-state index < -0.39 is 10.0 Å². The topological polar surface area (TPSA) is 75.7 Å². The largest absolute Gasteiger partial charge is 0.497 e. The summed E-state index contributed by atoms with van der Waals surface area (Å²) in [6.07, 6.45) is 2.61. The summed E-state index contributed by atoms with van der Waals surface area (Å²) < 4.78 is 29.7. The number of methoxy groups -OCH3 is 1. The molecule has 116 valence electrons. The number of carbonyl (C=O) groups excluding carboxylic acids is 1. The fourth-order valence-electron chi connectivity index (χ4n) is 1.63. The highest BCUT2D eigenvalue weighted by Crippen LogP contribution is 2.14. The molecular formula is C14H20N2O4S. The van der Waals surface area contributed by atoms with Gasteiger partial charge in [0.15, 0.2) is 0 Å². The van der Waals surface area contributed by atoms with Crippen LogP contribution in [0.4, 0.5) is 0 Å². The minimum Gasteiger partial charge on any atom is -0.497 e. The maximum atomic E-state index is 11.8. The second kappa shape index (κ2) is 7.80. The summed E-state index contributed by atoms with van der Waals surface area (Å²) in [4.78, 5) is 11.7. The number of sulfonamides is 1. The van der Waals surface area contributed by atoms with Crippen LogP contribution in [0.25, 0.3) is 0 Å². The monoisotopic (exact) mass is 312 g/mol. The number of hydrogen-bond donors (Lipinski definition) is 1. The summed E-state index contributed by atoms with van der Waals surface area (Å²) in [5.41, 5.74) is 0.776. The maximum Gasteiger partial charge on any atom is 0.235 e. The lowest BCUT2D eigenvalue weighted by molar-refractivity contribution is -0.121. The van der Waals surface area contributed by atoms with Crippen molar-refractivity contribution in [1.29, 1.82) is 0 Å². The Kier molecular flexibility index (Phi) is 6.39. The van der Waals surface area contributed by atoms with Crippen LogP contribution in [0.2, 0.25) is 0 Å². The smallest absolute Gasteiger partial charge is 0.235 e. The van der Waals surface area contributed by atoms with Crippen LogP contribution in [-0.2, 0) is 21.4 Å². The van der Waals surface area contributed by atoms with Gasteiger partial charge in [0.25, 0.3) is 0 Å². The molecular weight excluding hydrogens is 292 g/mol. The quantitative estimate of drug-likeness (QED) is 0.719. The summed E-state index contributed by atoms with van der Waals surface area (Å²) in [5, 5.41) is 2.56. The van der Waals surface area contributed by atoms with E-state index in [2.05, 4.69) is 11.9 Å². The van der Waals surface area contributed by atoms with Crippen molar-refractivity contribution in [3.63, 3.8) is 0 Å². The van der Waals surface area contributed by atoms with E-state index in [1.54, 1.807) is 31.4 Å². The Balaban J connectivity index is 2.78. The molecule has 0 unspecified atom stereocenters. The molecule has 1 aromatic carbocycles. The Labute approximate surface area is 125 Å². The highest BCUT2D eigenvalue weighted by molar-refractivity contribution is 7.88. The highest BCUT2D eigenvalue weighted by atomic mass is 32.2. The summed E-state index contributed by atoms with van der Waals surface area (Å²) in [6.45, 7) is 3.70. The SMILES string of the molecule is C=CCNC(=O)CN(Cc1ccc(OC)cc1)S(C)(=O)=O. The van der Waals surface area contributed by atoms with Gasteiger partial charge in [-0.25, -0.2) is 8.42 Å². The average molecular weight is 312 g/mol. The molecule has 0 saturated heterocycles. The normalized spacial score (nSPS) is 11.2. The fraction of sp³-hybridized carbons (Fsp3) is 0.357. The predicted molar refractivity (Wildman–Crippen MR) is 81.5 cm³/mol.